The number of aryl methyl sites for hydroxylation is 1. The second-order valence-corrected chi connectivity index (χ2v) is 6.63. The Balaban J connectivity index is 1.52. The molecule has 0 N–H and O–H groups in total. The number of rotatable bonds is 4. The zero-order valence-corrected chi connectivity index (χ0v) is 14.3. The van der Waals surface area contributed by atoms with Gasteiger partial charge in [0.05, 0.1) is 6.61 Å². The highest BCUT2D eigenvalue weighted by Gasteiger charge is 2.21. The van der Waals surface area contributed by atoms with Gasteiger partial charge in [-0.15, -0.1) is 0 Å². The number of piperidine rings is 1. The van der Waals surface area contributed by atoms with Gasteiger partial charge in [-0.2, -0.15) is 0 Å². The van der Waals surface area contributed by atoms with Crippen molar-refractivity contribution in [2.24, 2.45) is 5.92 Å². The Morgan fingerprint density at radius 3 is 2.68 bits per heavy atom. The second-order valence-electron chi connectivity index (χ2n) is 5.72. The Bertz CT molecular complexity index is 613. The lowest BCUT2D eigenvalue weighted by Crippen LogP contribution is -2.36. The molecule has 0 amide bonds. The molecule has 3 rings (SSSR count). The molecular formula is C17H20BrN3O. The van der Waals surface area contributed by atoms with E-state index in [1.165, 1.54) is 5.56 Å². The van der Waals surface area contributed by atoms with Gasteiger partial charge >= 0.3 is 0 Å². The van der Waals surface area contributed by atoms with Gasteiger partial charge in [0, 0.05) is 36.2 Å². The summed E-state index contributed by atoms with van der Waals surface area (Å²) < 4.78 is 6.88. The van der Waals surface area contributed by atoms with Crippen molar-refractivity contribution in [3.63, 3.8) is 0 Å². The van der Waals surface area contributed by atoms with Crippen LogP contribution in [0.25, 0.3) is 0 Å². The first-order valence-corrected chi connectivity index (χ1v) is 8.41. The number of hydrogen-bond donors (Lipinski definition) is 0. The first-order valence-electron chi connectivity index (χ1n) is 7.62. The number of pyridine rings is 2. The molecule has 1 aliphatic rings. The van der Waals surface area contributed by atoms with Crippen LogP contribution in [-0.4, -0.2) is 29.7 Å². The van der Waals surface area contributed by atoms with E-state index >= 15 is 0 Å². The molecule has 1 aliphatic heterocycles. The Kier molecular flexibility index (Phi) is 4.93. The minimum absolute atomic E-state index is 0.611. The van der Waals surface area contributed by atoms with Gasteiger partial charge in [-0.1, -0.05) is 0 Å². The van der Waals surface area contributed by atoms with Crippen LogP contribution in [0.3, 0.4) is 0 Å². The van der Waals surface area contributed by atoms with Crippen LogP contribution in [-0.2, 0) is 0 Å². The largest absolute Gasteiger partial charge is 0.493 e. The minimum Gasteiger partial charge on any atom is -0.493 e. The summed E-state index contributed by atoms with van der Waals surface area (Å²) in [6.07, 6.45) is 7.69. The lowest BCUT2D eigenvalue weighted by molar-refractivity contribution is 0.222. The fourth-order valence-corrected chi connectivity index (χ4v) is 3.27. The van der Waals surface area contributed by atoms with Gasteiger partial charge in [0.15, 0.2) is 0 Å². The maximum Gasteiger partial charge on any atom is 0.131 e. The van der Waals surface area contributed by atoms with E-state index in [0.717, 1.165) is 48.6 Å². The van der Waals surface area contributed by atoms with Crippen LogP contribution in [0.5, 0.6) is 5.75 Å². The van der Waals surface area contributed by atoms with Crippen molar-refractivity contribution in [2.75, 3.05) is 24.6 Å². The fourth-order valence-electron chi connectivity index (χ4n) is 2.82. The molecule has 0 bridgehead atoms. The third-order valence-electron chi connectivity index (χ3n) is 4.07. The molecule has 5 heteroatoms. The van der Waals surface area contributed by atoms with Crippen molar-refractivity contribution in [1.29, 1.82) is 0 Å². The predicted molar refractivity (Wildman–Crippen MR) is 91.3 cm³/mol. The molecule has 1 saturated heterocycles. The standard InChI is InChI=1S/C17H20BrN3O/c1-13-10-15(18)11-20-17(13)21-8-4-14(5-9-21)12-22-16-2-6-19-7-3-16/h2-3,6-7,10-11,14H,4-5,8-9,12H2,1H3. The van der Waals surface area contributed by atoms with E-state index in [1.54, 1.807) is 12.4 Å². The third kappa shape index (κ3) is 3.77. The molecule has 2 aromatic rings. The van der Waals surface area contributed by atoms with Gasteiger partial charge in [0.1, 0.15) is 11.6 Å². The highest BCUT2D eigenvalue weighted by Crippen LogP contribution is 2.26. The van der Waals surface area contributed by atoms with Crippen LogP contribution in [0, 0.1) is 12.8 Å². The SMILES string of the molecule is Cc1cc(Br)cnc1N1CCC(COc2ccncc2)CC1. The van der Waals surface area contributed by atoms with Crippen molar-refractivity contribution in [3.8, 4) is 5.75 Å². The number of ether oxygens (including phenoxy) is 1. The van der Waals surface area contributed by atoms with Crippen molar-refractivity contribution in [2.45, 2.75) is 19.8 Å². The maximum absolute atomic E-state index is 5.85. The number of hydrogen-bond acceptors (Lipinski definition) is 4. The monoisotopic (exact) mass is 361 g/mol. The van der Waals surface area contributed by atoms with Crippen LogP contribution >= 0.6 is 15.9 Å². The second kappa shape index (κ2) is 7.09. The van der Waals surface area contributed by atoms with Crippen molar-refractivity contribution < 1.29 is 4.74 Å². The van der Waals surface area contributed by atoms with E-state index < -0.39 is 0 Å². The molecule has 2 aromatic heterocycles. The number of halogens is 1. The zero-order chi connectivity index (χ0) is 15.4. The smallest absolute Gasteiger partial charge is 0.131 e. The fraction of sp³-hybridized carbons (Fsp3) is 0.412. The molecule has 116 valence electrons. The van der Waals surface area contributed by atoms with Gasteiger partial charge < -0.3 is 9.64 Å². The van der Waals surface area contributed by atoms with E-state index in [-0.39, 0.29) is 0 Å². The molecule has 22 heavy (non-hydrogen) atoms. The summed E-state index contributed by atoms with van der Waals surface area (Å²) >= 11 is 3.47. The van der Waals surface area contributed by atoms with Gasteiger partial charge in [0.2, 0.25) is 0 Å². The van der Waals surface area contributed by atoms with E-state index in [9.17, 15) is 0 Å². The van der Waals surface area contributed by atoms with E-state index in [1.807, 2.05) is 18.3 Å². The summed E-state index contributed by atoms with van der Waals surface area (Å²) in [5.74, 6) is 2.62. The topological polar surface area (TPSA) is 38.2 Å². The van der Waals surface area contributed by atoms with Gasteiger partial charge in [-0.25, -0.2) is 4.98 Å². The molecule has 1 fully saturated rings. The van der Waals surface area contributed by atoms with Crippen molar-refractivity contribution >= 4 is 21.7 Å². The average Bonchev–Trinajstić information content (AvgIpc) is 2.55. The summed E-state index contributed by atoms with van der Waals surface area (Å²) in [5, 5.41) is 0. The lowest BCUT2D eigenvalue weighted by Gasteiger charge is -2.33. The predicted octanol–water partition coefficient (Wildman–Crippen LogP) is 3.84. The molecule has 0 atom stereocenters. The highest BCUT2D eigenvalue weighted by molar-refractivity contribution is 9.10. The molecule has 0 unspecified atom stereocenters. The van der Waals surface area contributed by atoms with Crippen LogP contribution in [0.2, 0.25) is 0 Å². The van der Waals surface area contributed by atoms with Crippen LogP contribution in [0.15, 0.2) is 41.3 Å². The minimum atomic E-state index is 0.611. The van der Waals surface area contributed by atoms with Crippen LogP contribution in [0.1, 0.15) is 18.4 Å². The molecule has 0 saturated carbocycles. The molecule has 0 aromatic carbocycles. The number of anilines is 1. The Morgan fingerprint density at radius 2 is 2.00 bits per heavy atom. The summed E-state index contributed by atoms with van der Waals surface area (Å²) in [6, 6.07) is 5.94. The van der Waals surface area contributed by atoms with Gasteiger partial charge in [-0.3, -0.25) is 4.98 Å². The molecular weight excluding hydrogens is 342 g/mol. The zero-order valence-electron chi connectivity index (χ0n) is 12.7. The quantitative estimate of drug-likeness (QED) is 0.828. The summed E-state index contributed by atoms with van der Waals surface area (Å²) in [5.41, 5.74) is 1.22. The third-order valence-corrected chi connectivity index (χ3v) is 4.50. The average molecular weight is 362 g/mol. The molecule has 0 radical (unpaired) electrons. The molecule has 0 spiro atoms. The van der Waals surface area contributed by atoms with Crippen LogP contribution < -0.4 is 9.64 Å². The first-order chi connectivity index (χ1) is 10.7. The summed E-state index contributed by atoms with van der Waals surface area (Å²) in [6.45, 7) is 4.98. The first kappa shape index (κ1) is 15.3. The molecule has 4 nitrogen and oxygen atoms in total. The number of nitrogens with zero attached hydrogens (tertiary/aromatic N) is 3. The van der Waals surface area contributed by atoms with Crippen molar-refractivity contribution in [1.82, 2.24) is 9.97 Å². The van der Waals surface area contributed by atoms with E-state index in [4.69, 9.17) is 4.74 Å². The van der Waals surface area contributed by atoms with Gasteiger partial charge in [0.25, 0.3) is 0 Å². The van der Waals surface area contributed by atoms with Crippen molar-refractivity contribution in [3.05, 3.63) is 46.8 Å². The lowest BCUT2D eigenvalue weighted by atomic mass is 9.97. The normalized spacial score (nSPS) is 15.8. The Hall–Kier alpha value is -1.62. The van der Waals surface area contributed by atoms with Gasteiger partial charge in [-0.05, 0) is 65.4 Å². The van der Waals surface area contributed by atoms with E-state index in [0.29, 0.717) is 5.92 Å². The summed E-state index contributed by atoms with van der Waals surface area (Å²) in [7, 11) is 0. The number of aromatic nitrogens is 2. The summed E-state index contributed by atoms with van der Waals surface area (Å²) in [4.78, 5) is 10.9. The Morgan fingerprint density at radius 1 is 1.27 bits per heavy atom. The Labute approximate surface area is 139 Å². The molecule has 3 heterocycles. The highest BCUT2D eigenvalue weighted by atomic mass is 79.9. The van der Waals surface area contributed by atoms with E-state index in [2.05, 4.69) is 43.8 Å². The van der Waals surface area contributed by atoms with Crippen LogP contribution in [0.4, 0.5) is 5.82 Å². The maximum atomic E-state index is 5.85. The molecule has 0 aliphatic carbocycles.